The second kappa shape index (κ2) is 7.90. The topological polar surface area (TPSA) is 9.23 Å². The Labute approximate surface area is 130 Å². The molecule has 0 unspecified atom stereocenters. The Hall–Kier alpha value is -1.72. The highest BCUT2D eigenvalue weighted by molar-refractivity contribution is 5.31. The molecule has 1 heteroatoms. The summed E-state index contributed by atoms with van der Waals surface area (Å²) < 4.78 is 5.63. The SMILES string of the molecule is C=C=C(C=C)Oc1ccc(C2CCC(CCC)CC2)cc1.[HH]. The van der Waals surface area contributed by atoms with Crippen molar-refractivity contribution in [3.8, 4) is 5.75 Å². The van der Waals surface area contributed by atoms with Gasteiger partial charge in [0.25, 0.3) is 0 Å². The van der Waals surface area contributed by atoms with E-state index in [1.54, 1.807) is 6.08 Å². The van der Waals surface area contributed by atoms with E-state index < -0.39 is 0 Å². The summed E-state index contributed by atoms with van der Waals surface area (Å²) in [5, 5.41) is 0. The summed E-state index contributed by atoms with van der Waals surface area (Å²) in [5.41, 5.74) is 4.17. The number of benzene rings is 1. The first-order valence-electron chi connectivity index (χ1n) is 8.07. The lowest BCUT2D eigenvalue weighted by Gasteiger charge is -2.28. The summed E-state index contributed by atoms with van der Waals surface area (Å²) in [4.78, 5) is 0. The molecule has 0 aliphatic heterocycles. The summed E-state index contributed by atoms with van der Waals surface area (Å²) >= 11 is 0. The van der Waals surface area contributed by atoms with Gasteiger partial charge in [-0.3, -0.25) is 0 Å². The van der Waals surface area contributed by atoms with Gasteiger partial charge >= 0.3 is 0 Å². The van der Waals surface area contributed by atoms with Crippen LogP contribution in [0, 0.1) is 5.92 Å². The number of rotatable bonds is 6. The molecule has 1 saturated carbocycles. The third-order valence-electron chi connectivity index (χ3n) is 4.48. The average molecular weight is 284 g/mol. The van der Waals surface area contributed by atoms with Crippen LogP contribution in [0.25, 0.3) is 0 Å². The molecular weight excluding hydrogens is 256 g/mol. The minimum absolute atomic E-state index is 0. The van der Waals surface area contributed by atoms with E-state index in [1.807, 2.05) is 12.1 Å². The second-order valence-corrected chi connectivity index (χ2v) is 5.92. The highest BCUT2D eigenvalue weighted by Gasteiger charge is 2.21. The maximum absolute atomic E-state index is 5.63. The van der Waals surface area contributed by atoms with Crippen LogP contribution in [0.4, 0.5) is 0 Å². The van der Waals surface area contributed by atoms with Gasteiger partial charge in [-0.05, 0) is 61.3 Å². The standard InChI is InChI=1S/C20H26O.H2/c1-4-7-16-8-10-17(11-9-16)18-12-14-20(15-13-18)21-19(5-2)6-3;/h5,12-17H,2-4,7-11H2,1H3;1H. The van der Waals surface area contributed by atoms with Crippen LogP contribution in [0.1, 0.15) is 58.4 Å². The number of hydrogen-bond acceptors (Lipinski definition) is 1. The molecule has 1 nitrogen and oxygen atoms in total. The molecule has 1 aliphatic carbocycles. The lowest BCUT2D eigenvalue weighted by molar-refractivity contribution is 0.308. The van der Waals surface area contributed by atoms with Crippen LogP contribution in [-0.4, -0.2) is 0 Å². The zero-order valence-electron chi connectivity index (χ0n) is 13.1. The van der Waals surface area contributed by atoms with Gasteiger partial charge in [0.1, 0.15) is 5.75 Å². The summed E-state index contributed by atoms with van der Waals surface area (Å²) in [6, 6.07) is 8.47. The molecule has 2 rings (SSSR count). The van der Waals surface area contributed by atoms with Crippen molar-refractivity contribution in [2.45, 2.75) is 51.4 Å². The Bertz CT molecular complexity index is 503. The molecule has 114 valence electrons. The minimum atomic E-state index is 0. The van der Waals surface area contributed by atoms with Crippen LogP contribution >= 0.6 is 0 Å². The molecule has 0 atom stereocenters. The van der Waals surface area contributed by atoms with Crippen molar-refractivity contribution < 1.29 is 6.16 Å². The highest BCUT2D eigenvalue weighted by atomic mass is 16.5. The van der Waals surface area contributed by atoms with Crippen LogP contribution in [-0.2, 0) is 0 Å². The fourth-order valence-corrected chi connectivity index (χ4v) is 3.28. The monoisotopic (exact) mass is 284 g/mol. The largest absolute Gasteiger partial charge is 0.449 e. The summed E-state index contributed by atoms with van der Waals surface area (Å²) in [6.45, 7) is 9.55. The van der Waals surface area contributed by atoms with Gasteiger partial charge in [-0.25, -0.2) is 0 Å². The van der Waals surface area contributed by atoms with Gasteiger partial charge in [0.2, 0.25) is 0 Å². The van der Waals surface area contributed by atoms with Crippen molar-refractivity contribution in [2.24, 2.45) is 5.92 Å². The number of hydrogen-bond donors (Lipinski definition) is 0. The van der Waals surface area contributed by atoms with Gasteiger partial charge in [-0.1, -0.05) is 50.8 Å². The molecule has 1 aliphatic rings. The van der Waals surface area contributed by atoms with E-state index in [0.717, 1.165) is 17.6 Å². The molecule has 0 radical (unpaired) electrons. The first kappa shape index (κ1) is 15.7. The van der Waals surface area contributed by atoms with Gasteiger partial charge in [0.05, 0.1) is 0 Å². The fraction of sp³-hybridized carbons (Fsp3) is 0.450. The highest BCUT2D eigenvalue weighted by Crippen LogP contribution is 2.37. The molecule has 0 saturated heterocycles. The summed E-state index contributed by atoms with van der Waals surface area (Å²) in [7, 11) is 0. The number of allylic oxidation sites excluding steroid dienone is 1. The smallest absolute Gasteiger partial charge is 0.168 e. The molecule has 0 N–H and O–H groups in total. The van der Waals surface area contributed by atoms with Crippen LogP contribution in [0.15, 0.2) is 55.0 Å². The molecule has 1 fully saturated rings. The molecule has 0 bridgehead atoms. The normalized spacial score (nSPS) is 21.4. The van der Waals surface area contributed by atoms with E-state index in [9.17, 15) is 0 Å². The lowest BCUT2D eigenvalue weighted by Crippen LogP contribution is -2.13. The Kier molecular flexibility index (Phi) is 5.90. The van der Waals surface area contributed by atoms with Crippen molar-refractivity contribution >= 4 is 0 Å². The minimum Gasteiger partial charge on any atom is -0.449 e. The third kappa shape index (κ3) is 4.37. The van der Waals surface area contributed by atoms with Crippen LogP contribution < -0.4 is 4.74 Å². The van der Waals surface area contributed by atoms with Crippen molar-refractivity contribution in [3.05, 3.63) is 60.6 Å². The molecular formula is C20H28O. The maximum atomic E-state index is 5.63. The van der Waals surface area contributed by atoms with E-state index in [0.29, 0.717) is 5.76 Å². The summed E-state index contributed by atoms with van der Waals surface area (Å²) in [5.74, 6) is 3.08. The first-order chi connectivity index (χ1) is 10.3. The molecule has 0 heterocycles. The predicted molar refractivity (Wildman–Crippen MR) is 91.6 cm³/mol. The fourth-order valence-electron chi connectivity index (χ4n) is 3.28. The Morgan fingerprint density at radius 3 is 2.48 bits per heavy atom. The Balaban J connectivity index is 0.00000242. The van der Waals surface area contributed by atoms with Gasteiger partial charge < -0.3 is 4.74 Å². The van der Waals surface area contributed by atoms with Crippen LogP contribution in [0.2, 0.25) is 0 Å². The molecule has 0 amide bonds. The van der Waals surface area contributed by atoms with Gasteiger partial charge in [-0.2, -0.15) is 0 Å². The molecule has 0 aromatic heterocycles. The average Bonchev–Trinajstić information content (AvgIpc) is 2.54. The van der Waals surface area contributed by atoms with E-state index >= 15 is 0 Å². The van der Waals surface area contributed by atoms with E-state index in [-0.39, 0.29) is 1.43 Å². The van der Waals surface area contributed by atoms with E-state index in [1.165, 1.54) is 44.1 Å². The van der Waals surface area contributed by atoms with Crippen molar-refractivity contribution in [3.63, 3.8) is 0 Å². The van der Waals surface area contributed by atoms with Crippen LogP contribution in [0.5, 0.6) is 5.75 Å². The van der Waals surface area contributed by atoms with Crippen molar-refractivity contribution in [1.82, 2.24) is 0 Å². The van der Waals surface area contributed by atoms with Gasteiger partial charge in [0, 0.05) is 1.43 Å². The number of ether oxygens (including phenoxy) is 1. The van der Waals surface area contributed by atoms with Gasteiger partial charge in [-0.15, -0.1) is 0 Å². The molecule has 0 spiro atoms. The quantitative estimate of drug-likeness (QED) is 0.341. The zero-order chi connectivity index (χ0) is 15.1. The van der Waals surface area contributed by atoms with Crippen molar-refractivity contribution in [1.29, 1.82) is 0 Å². The third-order valence-corrected chi connectivity index (χ3v) is 4.48. The summed E-state index contributed by atoms with van der Waals surface area (Å²) in [6.07, 6.45) is 9.77. The predicted octanol–water partition coefficient (Wildman–Crippen LogP) is 6.24. The molecule has 21 heavy (non-hydrogen) atoms. The Morgan fingerprint density at radius 1 is 1.29 bits per heavy atom. The second-order valence-electron chi connectivity index (χ2n) is 5.92. The van der Waals surface area contributed by atoms with Crippen LogP contribution in [0.3, 0.4) is 0 Å². The Morgan fingerprint density at radius 2 is 1.95 bits per heavy atom. The maximum Gasteiger partial charge on any atom is 0.168 e. The van der Waals surface area contributed by atoms with Gasteiger partial charge in [0.15, 0.2) is 5.76 Å². The molecule has 1 aromatic carbocycles. The van der Waals surface area contributed by atoms with E-state index in [2.05, 4.69) is 37.9 Å². The van der Waals surface area contributed by atoms with Crippen molar-refractivity contribution in [2.75, 3.05) is 0 Å². The zero-order valence-corrected chi connectivity index (χ0v) is 13.1. The molecule has 1 aromatic rings. The van der Waals surface area contributed by atoms with E-state index in [4.69, 9.17) is 4.74 Å². The first-order valence-corrected chi connectivity index (χ1v) is 8.07. The lowest BCUT2D eigenvalue weighted by atomic mass is 9.77.